The Balaban J connectivity index is 1.87. The number of benzene rings is 1. The molecule has 4 aromatic rings. The van der Waals surface area contributed by atoms with Gasteiger partial charge in [-0.25, -0.2) is 0 Å². The normalized spacial score (nSPS) is 10.7. The SMILES string of the molecule is COc1ccc(-c2c(C(=O)Nc3cc(C)on3)c(C)nc(C)c2C(=O)Nc2cc(C)on2)cc1. The highest BCUT2D eigenvalue weighted by molar-refractivity contribution is 6.16. The number of methoxy groups -OCH3 is 1. The first kappa shape index (κ1) is 22.7. The summed E-state index contributed by atoms with van der Waals surface area (Å²) in [5, 5.41) is 13.1. The molecule has 3 aromatic heterocycles. The molecular formula is C24H23N5O5. The Morgan fingerprint density at radius 3 is 1.65 bits per heavy atom. The molecule has 174 valence electrons. The number of nitrogens with one attached hydrogen (secondary N) is 2. The maximum atomic E-state index is 13.4. The molecule has 34 heavy (non-hydrogen) atoms. The van der Waals surface area contributed by atoms with Gasteiger partial charge in [0.1, 0.15) is 17.3 Å². The molecule has 2 amide bonds. The van der Waals surface area contributed by atoms with Crippen LogP contribution < -0.4 is 15.4 Å². The fourth-order valence-electron chi connectivity index (χ4n) is 3.66. The lowest BCUT2D eigenvalue weighted by molar-refractivity contribution is 0.102. The summed E-state index contributed by atoms with van der Waals surface area (Å²) >= 11 is 0. The number of ether oxygens (including phenoxy) is 1. The molecule has 4 rings (SSSR count). The Hall–Kier alpha value is -4.47. The van der Waals surface area contributed by atoms with E-state index in [9.17, 15) is 9.59 Å². The van der Waals surface area contributed by atoms with E-state index in [4.69, 9.17) is 13.8 Å². The highest BCUT2D eigenvalue weighted by Gasteiger charge is 2.27. The molecule has 0 atom stereocenters. The molecule has 0 aliphatic rings. The van der Waals surface area contributed by atoms with E-state index >= 15 is 0 Å². The van der Waals surface area contributed by atoms with E-state index in [0.717, 1.165) is 0 Å². The molecule has 0 spiro atoms. The van der Waals surface area contributed by atoms with Gasteiger partial charge in [0.15, 0.2) is 11.6 Å². The molecule has 0 aliphatic carbocycles. The average Bonchev–Trinajstić information content (AvgIpc) is 3.40. The van der Waals surface area contributed by atoms with Crippen molar-refractivity contribution < 1.29 is 23.4 Å². The van der Waals surface area contributed by atoms with Crippen molar-refractivity contribution in [1.82, 2.24) is 15.3 Å². The second kappa shape index (κ2) is 9.18. The molecule has 0 radical (unpaired) electrons. The van der Waals surface area contributed by atoms with E-state index in [1.165, 1.54) is 0 Å². The average molecular weight is 461 g/mol. The summed E-state index contributed by atoms with van der Waals surface area (Å²) < 4.78 is 15.4. The van der Waals surface area contributed by atoms with Gasteiger partial charge < -0.3 is 24.4 Å². The minimum absolute atomic E-state index is 0.234. The second-order valence-corrected chi connectivity index (χ2v) is 7.69. The third-order valence-corrected chi connectivity index (χ3v) is 5.13. The number of hydrogen-bond donors (Lipinski definition) is 2. The molecule has 0 saturated heterocycles. The number of aryl methyl sites for hydroxylation is 4. The number of amides is 2. The Labute approximate surface area is 195 Å². The first-order valence-corrected chi connectivity index (χ1v) is 10.4. The molecule has 10 nitrogen and oxygen atoms in total. The molecule has 0 bridgehead atoms. The third-order valence-electron chi connectivity index (χ3n) is 5.13. The van der Waals surface area contributed by atoms with E-state index < -0.39 is 11.8 Å². The van der Waals surface area contributed by atoms with Gasteiger partial charge in [0, 0.05) is 17.7 Å². The van der Waals surface area contributed by atoms with Crippen molar-refractivity contribution in [1.29, 1.82) is 0 Å². The monoisotopic (exact) mass is 461 g/mol. The molecule has 0 fully saturated rings. The quantitative estimate of drug-likeness (QED) is 0.430. The Bertz CT molecular complexity index is 1290. The van der Waals surface area contributed by atoms with Crippen LogP contribution in [-0.2, 0) is 0 Å². The summed E-state index contributed by atoms with van der Waals surface area (Å²) in [5.74, 6) is 1.30. The summed E-state index contributed by atoms with van der Waals surface area (Å²) in [6, 6.07) is 10.3. The molecule has 3 heterocycles. The lowest BCUT2D eigenvalue weighted by Gasteiger charge is -2.18. The second-order valence-electron chi connectivity index (χ2n) is 7.69. The zero-order chi connectivity index (χ0) is 24.4. The lowest BCUT2D eigenvalue weighted by Crippen LogP contribution is -2.22. The van der Waals surface area contributed by atoms with Crippen molar-refractivity contribution in [2.75, 3.05) is 17.7 Å². The van der Waals surface area contributed by atoms with Crippen LogP contribution in [0.5, 0.6) is 5.75 Å². The van der Waals surface area contributed by atoms with Crippen LogP contribution in [-0.4, -0.2) is 34.2 Å². The van der Waals surface area contributed by atoms with Crippen LogP contribution in [0.1, 0.15) is 43.6 Å². The van der Waals surface area contributed by atoms with Crippen LogP contribution in [0.4, 0.5) is 11.6 Å². The molecule has 1 aromatic carbocycles. The summed E-state index contributed by atoms with van der Waals surface area (Å²) in [4.78, 5) is 31.3. The number of carbonyl (C=O) groups excluding carboxylic acids is 2. The number of rotatable bonds is 6. The molecule has 0 saturated carbocycles. The van der Waals surface area contributed by atoms with Crippen LogP contribution in [0.3, 0.4) is 0 Å². The summed E-state index contributed by atoms with van der Waals surface area (Å²) in [6.45, 7) is 6.87. The van der Waals surface area contributed by atoms with Gasteiger partial charge in [0.25, 0.3) is 11.8 Å². The third kappa shape index (κ3) is 4.51. The Morgan fingerprint density at radius 2 is 1.26 bits per heavy atom. The molecule has 10 heteroatoms. The molecule has 0 unspecified atom stereocenters. The van der Waals surface area contributed by atoms with Crippen molar-refractivity contribution in [3.63, 3.8) is 0 Å². The predicted molar refractivity (Wildman–Crippen MR) is 124 cm³/mol. The smallest absolute Gasteiger partial charge is 0.259 e. The van der Waals surface area contributed by atoms with E-state index in [-0.39, 0.29) is 22.8 Å². The van der Waals surface area contributed by atoms with Gasteiger partial charge in [-0.15, -0.1) is 0 Å². The van der Waals surface area contributed by atoms with Crippen LogP contribution in [0.2, 0.25) is 0 Å². The predicted octanol–water partition coefficient (Wildman–Crippen LogP) is 4.47. The number of aromatic nitrogens is 3. The highest BCUT2D eigenvalue weighted by atomic mass is 16.5. The topological polar surface area (TPSA) is 132 Å². The largest absolute Gasteiger partial charge is 0.497 e. The van der Waals surface area contributed by atoms with Crippen LogP contribution in [0.25, 0.3) is 11.1 Å². The summed E-state index contributed by atoms with van der Waals surface area (Å²) in [6.07, 6.45) is 0. The zero-order valence-electron chi connectivity index (χ0n) is 19.3. The van der Waals surface area contributed by atoms with Crippen LogP contribution in [0, 0.1) is 27.7 Å². The number of anilines is 2. The van der Waals surface area contributed by atoms with Gasteiger partial charge in [0.2, 0.25) is 0 Å². The van der Waals surface area contributed by atoms with Crippen molar-refractivity contribution in [3.05, 3.63) is 70.4 Å². The number of nitrogens with zero attached hydrogens (tertiary/aromatic N) is 3. The highest BCUT2D eigenvalue weighted by Crippen LogP contribution is 2.33. The molecule has 2 N–H and O–H groups in total. The van der Waals surface area contributed by atoms with Gasteiger partial charge >= 0.3 is 0 Å². The number of pyridine rings is 1. The Morgan fingerprint density at radius 1 is 0.794 bits per heavy atom. The van der Waals surface area contributed by atoms with Crippen molar-refractivity contribution in [2.45, 2.75) is 27.7 Å². The minimum atomic E-state index is -0.476. The maximum Gasteiger partial charge on any atom is 0.259 e. The fraction of sp³-hybridized carbons (Fsp3) is 0.208. The Kier molecular flexibility index (Phi) is 6.13. The van der Waals surface area contributed by atoms with Crippen LogP contribution in [0.15, 0.2) is 45.4 Å². The first-order valence-electron chi connectivity index (χ1n) is 10.4. The van der Waals surface area contributed by atoms with Crippen molar-refractivity contribution in [2.24, 2.45) is 0 Å². The van der Waals surface area contributed by atoms with E-state index in [0.29, 0.717) is 39.8 Å². The maximum absolute atomic E-state index is 13.4. The van der Waals surface area contributed by atoms with Crippen LogP contribution >= 0.6 is 0 Å². The van der Waals surface area contributed by atoms with Gasteiger partial charge in [-0.3, -0.25) is 14.6 Å². The van der Waals surface area contributed by atoms with Gasteiger partial charge in [0.05, 0.1) is 29.6 Å². The summed E-state index contributed by atoms with van der Waals surface area (Å²) in [5.41, 5.74) is 2.43. The molecular weight excluding hydrogens is 438 g/mol. The van der Waals surface area contributed by atoms with E-state index in [2.05, 4.69) is 25.9 Å². The van der Waals surface area contributed by atoms with Gasteiger partial charge in [-0.05, 0) is 45.4 Å². The molecule has 0 aliphatic heterocycles. The van der Waals surface area contributed by atoms with Gasteiger partial charge in [-0.1, -0.05) is 22.4 Å². The number of hydrogen-bond acceptors (Lipinski definition) is 8. The van der Waals surface area contributed by atoms with E-state index in [1.54, 1.807) is 71.2 Å². The first-order chi connectivity index (χ1) is 16.3. The van der Waals surface area contributed by atoms with Crippen molar-refractivity contribution >= 4 is 23.5 Å². The minimum Gasteiger partial charge on any atom is -0.497 e. The van der Waals surface area contributed by atoms with E-state index in [1.807, 2.05) is 0 Å². The fourth-order valence-corrected chi connectivity index (χ4v) is 3.66. The zero-order valence-corrected chi connectivity index (χ0v) is 19.3. The van der Waals surface area contributed by atoms with Crippen molar-refractivity contribution in [3.8, 4) is 16.9 Å². The van der Waals surface area contributed by atoms with Gasteiger partial charge in [-0.2, -0.15) is 0 Å². The standard InChI is InChI=1S/C24H23N5O5/c1-12-10-18(28-33-12)26-23(30)20-14(3)25-15(4)21(24(31)27-19-11-13(2)34-29-19)22(20)16-6-8-17(32-5)9-7-16/h6-11H,1-5H3,(H,26,28,30)(H,27,29,31). The lowest BCUT2D eigenvalue weighted by atomic mass is 9.91. The summed E-state index contributed by atoms with van der Waals surface area (Å²) in [7, 11) is 1.56. The number of carbonyl (C=O) groups is 2.